The summed E-state index contributed by atoms with van der Waals surface area (Å²) in [4.78, 5) is 30.8. The first-order valence-electron chi connectivity index (χ1n) is 13.1. The van der Waals surface area contributed by atoms with Crippen molar-refractivity contribution in [1.29, 1.82) is 0 Å². The molecule has 0 atom stereocenters. The fraction of sp³-hybridized carbons (Fsp3) is 0.414. The largest absolute Gasteiger partial charge is 0.492 e. The Bertz CT molecular complexity index is 1290. The maximum Gasteiger partial charge on any atom is 0.297 e. The molecule has 3 aromatic rings. The number of benzene rings is 2. The zero-order valence-corrected chi connectivity index (χ0v) is 22.1. The van der Waals surface area contributed by atoms with Gasteiger partial charge >= 0.3 is 0 Å². The van der Waals surface area contributed by atoms with Crippen molar-refractivity contribution >= 4 is 11.7 Å². The van der Waals surface area contributed by atoms with E-state index in [1.807, 2.05) is 44.3 Å². The van der Waals surface area contributed by atoms with E-state index in [0.717, 1.165) is 49.1 Å². The lowest BCUT2D eigenvalue weighted by atomic mass is 9.84. The van der Waals surface area contributed by atoms with Crippen molar-refractivity contribution in [3.05, 3.63) is 81.9 Å². The molecule has 1 aliphatic rings. The number of carbonyl (C=O) groups excluding carboxylic acids is 1. The SMILES string of the molecule is CCC(CC)(Nc1nccn(-c2cc(C(=O)NC3CC3)ccc2C)c1=O)c1ccccc1OCCNC. The lowest BCUT2D eigenvalue weighted by molar-refractivity contribution is 0.0951. The number of aromatic nitrogens is 2. The molecule has 1 aromatic heterocycles. The van der Waals surface area contributed by atoms with Gasteiger partial charge < -0.3 is 20.7 Å². The summed E-state index contributed by atoms with van der Waals surface area (Å²) in [6.45, 7) is 7.38. The number of anilines is 1. The van der Waals surface area contributed by atoms with Gasteiger partial charge in [0.2, 0.25) is 0 Å². The van der Waals surface area contributed by atoms with Gasteiger partial charge in [-0.3, -0.25) is 14.2 Å². The molecule has 0 bridgehead atoms. The second kappa shape index (κ2) is 11.6. The highest BCUT2D eigenvalue weighted by Gasteiger charge is 2.33. The van der Waals surface area contributed by atoms with Gasteiger partial charge in [0, 0.05) is 36.1 Å². The number of aryl methyl sites for hydroxylation is 1. The van der Waals surface area contributed by atoms with Gasteiger partial charge in [0.25, 0.3) is 11.5 Å². The lowest BCUT2D eigenvalue weighted by Gasteiger charge is -2.35. The molecule has 1 heterocycles. The fourth-order valence-corrected chi connectivity index (χ4v) is 4.55. The molecule has 8 heteroatoms. The first kappa shape index (κ1) is 26.4. The molecule has 8 nitrogen and oxygen atoms in total. The summed E-state index contributed by atoms with van der Waals surface area (Å²) in [5.74, 6) is 0.925. The van der Waals surface area contributed by atoms with Crippen LogP contribution in [0.4, 0.5) is 5.82 Å². The number of para-hydroxylation sites is 1. The van der Waals surface area contributed by atoms with E-state index in [0.29, 0.717) is 17.9 Å². The predicted molar refractivity (Wildman–Crippen MR) is 147 cm³/mol. The molecule has 0 saturated heterocycles. The lowest BCUT2D eigenvalue weighted by Crippen LogP contribution is -2.38. The van der Waals surface area contributed by atoms with Crippen LogP contribution in [0.25, 0.3) is 5.69 Å². The molecule has 1 saturated carbocycles. The Balaban J connectivity index is 1.69. The monoisotopic (exact) mass is 503 g/mol. The van der Waals surface area contributed by atoms with Gasteiger partial charge in [-0.1, -0.05) is 38.1 Å². The quantitative estimate of drug-likeness (QED) is 0.321. The number of likely N-dealkylation sites (N-methyl/N-ethyl adjacent to an activating group) is 1. The average Bonchev–Trinajstić information content (AvgIpc) is 3.73. The van der Waals surface area contributed by atoms with Gasteiger partial charge in [0.05, 0.1) is 11.2 Å². The number of carbonyl (C=O) groups is 1. The molecular weight excluding hydrogens is 466 g/mol. The van der Waals surface area contributed by atoms with Crippen LogP contribution in [0, 0.1) is 6.92 Å². The minimum Gasteiger partial charge on any atom is -0.492 e. The Hall–Kier alpha value is -3.65. The van der Waals surface area contributed by atoms with Crippen LogP contribution in [0.5, 0.6) is 5.75 Å². The second-order valence-electron chi connectivity index (χ2n) is 9.56. The van der Waals surface area contributed by atoms with Crippen molar-refractivity contribution in [3.8, 4) is 11.4 Å². The van der Waals surface area contributed by atoms with Crippen molar-refractivity contribution < 1.29 is 9.53 Å². The highest BCUT2D eigenvalue weighted by Crippen LogP contribution is 2.37. The van der Waals surface area contributed by atoms with Crippen LogP contribution in [0.3, 0.4) is 0 Å². The van der Waals surface area contributed by atoms with Crippen molar-refractivity contribution in [2.45, 2.75) is 58.0 Å². The van der Waals surface area contributed by atoms with Crippen LogP contribution in [0.1, 0.15) is 61.0 Å². The smallest absolute Gasteiger partial charge is 0.297 e. The van der Waals surface area contributed by atoms with Gasteiger partial charge in [-0.05, 0) is 63.4 Å². The van der Waals surface area contributed by atoms with Crippen molar-refractivity contribution in [2.75, 3.05) is 25.5 Å². The Morgan fingerprint density at radius 2 is 1.92 bits per heavy atom. The molecule has 3 N–H and O–H groups in total. The van der Waals surface area contributed by atoms with Gasteiger partial charge in [0.1, 0.15) is 12.4 Å². The molecule has 0 spiro atoms. The Kier molecular flexibility index (Phi) is 8.28. The molecule has 0 radical (unpaired) electrons. The molecule has 37 heavy (non-hydrogen) atoms. The maximum atomic E-state index is 13.7. The molecular formula is C29H37N5O3. The van der Waals surface area contributed by atoms with E-state index in [1.54, 1.807) is 29.1 Å². The second-order valence-corrected chi connectivity index (χ2v) is 9.56. The number of amides is 1. The molecule has 196 valence electrons. The topological polar surface area (TPSA) is 97.3 Å². The summed E-state index contributed by atoms with van der Waals surface area (Å²) in [6, 6.07) is 13.7. The van der Waals surface area contributed by atoms with E-state index in [4.69, 9.17) is 4.74 Å². The molecule has 0 unspecified atom stereocenters. The molecule has 1 amide bonds. The van der Waals surface area contributed by atoms with Crippen LogP contribution in [0.15, 0.2) is 59.7 Å². The van der Waals surface area contributed by atoms with E-state index >= 15 is 0 Å². The van der Waals surface area contributed by atoms with Crippen LogP contribution >= 0.6 is 0 Å². The van der Waals surface area contributed by atoms with E-state index < -0.39 is 5.54 Å². The molecule has 4 rings (SSSR count). The molecule has 1 fully saturated rings. The van der Waals surface area contributed by atoms with Gasteiger partial charge in [-0.2, -0.15) is 0 Å². The number of rotatable bonds is 12. The number of ether oxygens (including phenoxy) is 1. The van der Waals surface area contributed by atoms with Crippen LogP contribution in [-0.4, -0.2) is 41.7 Å². The van der Waals surface area contributed by atoms with Crippen molar-refractivity contribution in [1.82, 2.24) is 20.2 Å². The molecule has 2 aromatic carbocycles. The highest BCUT2D eigenvalue weighted by atomic mass is 16.5. The normalized spacial score (nSPS) is 13.3. The minimum atomic E-state index is -0.553. The fourth-order valence-electron chi connectivity index (χ4n) is 4.55. The van der Waals surface area contributed by atoms with Gasteiger partial charge in [-0.15, -0.1) is 0 Å². The summed E-state index contributed by atoms with van der Waals surface area (Å²) < 4.78 is 7.65. The maximum absolute atomic E-state index is 13.7. The summed E-state index contributed by atoms with van der Waals surface area (Å²) in [5.41, 5.74) is 2.25. The first-order valence-corrected chi connectivity index (χ1v) is 13.1. The van der Waals surface area contributed by atoms with E-state index in [-0.39, 0.29) is 23.3 Å². The van der Waals surface area contributed by atoms with E-state index in [1.165, 1.54) is 0 Å². The van der Waals surface area contributed by atoms with E-state index in [9.17, 15) is 9.59 Å². The molecule has 0 aliphatic heterocycles. The highest BCUT2D eigenvalue weighted by molar-refractivity contribution is 5.95. The van der Waals surface area contributed by atoms with Crippen molar-refractivity contribution in [2.24, 2.45) is 0 Å². The van der Waals surface area contributed by atoms with Gasteiger partial charge in [0.15, 0.2) is 5.82 Å². The number of nitrogens with zero attached hydrogens (tertiary/aromatic N) is 2. The first-order chi connectivity index (χ1) is 17.9. The minimum absolute atomic E-state index is 0.116. The van der Waals surface area contributed by atoms with Gasteiger partial charge in [-0.25, -0.2) is 4.98 Å². The average molecular weight is 504 g/mol. The van der Waals surface area contributed by atoms with Crippen molar-refractivity contribution in [3.63, 3.8) is 0 Å². The van der Waals surface area contributed by atoms with Crippen LogP contribution in [0.2, 0.25) is 0 Å². The Morgan fingerprint density at radius 1 is 1.16 bits per heavy atom. The predicted octanol–water partition coefficient (Wildman–Crippen LogP) is 4.16. The summed E-state index contributed by atoms with van der Waals surface area (Å²) >= 11 is 0. The Labute approximate surface area is 218 Å². The standard InChI is InChI=1S/C29H37N5O3/c1-5-29(6-2,23-9-7-8-10-25(23)37-18-16-30-4)33-26-28(36)34(17-15-31-26)24-19-21(12-11-20(24)3)27(35)32-22-13-14-22/h7-12,15,17,19,22,30H,5-6,13-14,16,18H2,1-4H3,(H,31,33)(H,32,35). The summed E-state index contributed by atoms with van der Waals surface area (Å²) in [5, 5.41) is 9.61. The van der Waals surface area contributed by atoms with E-state index in [2.05, 4.69) is 34.8 Å². The van der Waals surface area contributed by atoms with Crippen LogP contribution < -0.4 is 26.2 Å². The number of nitrogens with one attached hydrogen (secondary N) is 3. The summed E-state index contributed by atoms with van der Waals surface area (Å²) in [7, 11) is 1.89. The zero-order valence-electron chi connectivity index (χ0n) is 22.1. The van der Waals surface area contributed by atoms with Crippen LogP contribution in [-0.2, 0) is 5.54 Å². The third-order valence-corrected chi connectivity index (χ3v) is 7.06. The number of hydrogen-bond donors (Lipinski definition) is 3. The molecule has 1 aliphatic carbocycles. The zero-order chi connectivity index (χ0) is 26.4. The third kappa shape index (κ3) is 5.85. The number of hydrogen-bond acceptors (Lipinski definition) is 6. The summed E-state index contributed by atoms with van der Waals surface area (Å²) in [6.07, 6.45) is 6.75. The Morgan fingerprint density at radius 3 is 2.62 bits per heavy atom. The third-order valence-electron chi connectivity index (χ3n) is 7.06.